The average molecular weight is 230 g/mol. The van der Waals surface area contributed by atoms with Gasteiger partial charge < -0.3 is 0 Å². The zero-order valence-electron chi connectivity index (χ0n) is 10.3. The van der Waals surface area contributed by atoms with Crippen LogP contribution in [-0.4, -0.2) is 0 Å². The molecule has 5 aromatic rings. The molecule has 0 amide bonds. The van der Waals surface area contributed by atoms with E-state index in [1.807, 2.05) is 0 Å². The molecule has 0 heteroatoms. The zero-order valence-corrected chi connectivity index (χ0v) is 10.3. The number of hydrogen-bond donors (Lipinski definition) is 0. The molecular weight excluding hydrogens is 216 g/mol. The first-order valence-corrected chi connectivity index (χ1v) is 7.29. The fraction of sp³-hybridized carbons (Fsp3) is 0.333. The van der Waals surface area contributed by atoms with E-state index in [4.69, 9.17) is 0 Å². The first kappa shape index (κ1) is 8.53. The largest absolute Gasteiger partial charge is 0.0757 e. The quantitative estimate of drug-likeness (QED) is 0.545. The molecule has 0 N–H and O–H groups in total. The zero-order chi connectivity index (χ0) is 11.4. The van der Waals surface area contributed by atoms with Gasteiger partial charge in [0.15, 0.2) is 0 Å². The van der Waals surface area contributed by atoms with Gasteiger partial charge in [0.2, 0.25) is 0 Å². The third-order valence-corrected chi connectivity index (χ3v) is 5.66. The monoisotopic (exact) mass is 230 g/mol. The fourth-order valence-corrected chi connectivity index (χ4v) is 4.62. The van der Waals surface area contributed by atoms with Gasteiger partial charge in [-0.2, -0.15) is 0 Å². The molecule has 0 spiro atoms. The molecule has 2 atom stereocenters. The third-order valence-electron chi connectivity index (χ3n) is 5.66. The van der Waals surface area contributed by atoms with Crippen molar-refractivity contribution in [3.63, 3.8) is 0 Å². The van der Waals surface area contributed by atoms with Crippen LogP contribution in [0.3, 0.4) is 0 Å². The molecule has 18 heavy (non-hydrogen) atoms. The second-order valence-electron chi connectivity index (χ2n) is 6.38. The summed E-state index contributed by atoms with van der Waals surface area (Å²) >= 11 is 0. The van der Waals surface area contributed by atoms with Crippen LogP contribution in [0.4, 0.5) is 0 Å². The molecule has 0 heterocycles. The Hall–Kier alpha value is -1.56. The minimum Gasteiger partial charge on any atom is -0.0757 e. The van der Waals surface area contributed by atoms with Crippen molar-refractivity contribution >= 4 is 45.8 Å². The predicted octanol–water partition coefficient (Wildman–Crippen LogP) is 1.26. The molecule has 9 rings (SSSR count). The van der Waals surface area contributed by atoms with Crippen LogP contribution in [0.2, 0.25) is 0 Å². The van der Waals surface area contributed by atoms with Crippen LogP contribution in [0, 0.1) is 11.8 Å². The molecule has 2 unspecified atom stereocenters. The van der Waals surface area contributed by atoms with Crippen LogP contribution >= 0.6 is 0 Å². The van der Waals surface area contributed by atoms with E-state index < -0.39 is 0 Å². The van der Waals surface area contributed by atoms with Gasteiger partial charge >= 0.3 is 0 Å². The Kier molecular flexibility index (Phi) is 1.15. The van der Waals surface area contributed by atoms with Crippen molar-refractivity contribution in [2.24, 2.45) is 11.8 Å². The Balaban J connectivity index is 2.00. The summed E-state index contributed by atoms with van der Waals surface area (Å²) < 4.78 is 0. The molecule has 0 aromatic heterocycles. The molecule has 0 saturated heterocycles. The van der Waals surface area contributed by atoms with E-state index in [0.29, 0.717) is 0 Å². The van der Waals surface area contributed by atoms with Crippen molar-refractivity contribution in [2.75, 3.05) is 0 Å². The highest BCUT2D eigenvalue weighted by Crippen LogP contribution is 2.40. The lowest BCUT2D eigenvalue weighted by Gasteiger charge is -2.37. The summed E-state index contributed by atoms with van der Waals surface area (Å²) in [4.78, 5) is 0. The lowest BCUT2D eigenvalue weighted by atomic mass is 9.67. The minimum atomic E-state index is 0.845. The fourth-order valence-electron chi connectivity index (χ4n) is 4.62. The van der Waals surface area contributed by atoms with E-state index in [-0.39, 0.29) is 0 Å². The maximum Gasteiger partial charge on any atom is -0.00106 e. The summed E-state index contributed by atoms with van der Waals surface area (Å²) in [7, 11) is 0. The average Bonchev–Trinajstić information content (AvgIpc) is 2.37. The maximum atomic E-state index is 2.60. The van der Waals surface area contributed by atoms with Gasteiger partial charge in [0.25, 0.3) is 0 Å². The Morgan fingerprint density at radius 1 is 0.611 bits per heavy atom. The van der Waals surface area contributed by atoms with Crippen LogP contribution in [0.15, 0.2) is 0 Å². The molecule has 4 aliphatic carbocycles. The molecular formula is C18H14. The van der Waals surface area contributed by atoms with E-state index in [9.17, 15) is 0 Å². The number of rotatable bonds is 0. The normalized spacial score (nSPS) is 28.9. The maximum absolute atomic E-state index is 2.60. The van der Waals surface area contributed by atoms with E-state index >= 15 is 0 Å². The smallest absolute Gasteiger partial charge is 0.00106 e. The first-order chi connectivity index (χ1) is 8.93. The highest BCUT2D eigenvalue weighted by molar-refractivity contribution is 6.25. The van der Waals surface area contributed by atoms with Crippen LogP contribution in [0.5, 0.6) is 0 Å². The van der Waals surface area contributed by atoms with Gasteiger partial charge in [-0.3, -0.25) is 0 Å². The molecule has 0 radical (unpaired) electrons. The summed E-state index contributed by atoms with van der Waals surface area (Å²) in [6.45, 7) is 0. The first-order valence-electron chi connectivity index (χ1n) is 7.29. The SMILES string of the molecule is C1=c2c(c3c4c5c2c(c35)=CC2CCC2C=4)=CCC1. The summed E-state index contributed by atoms with van der Waals surface area (Å²) in [6, 6.07) is 0. The summed E-state index contributed by atoms with van der Waals surface area (Å²) in [6.07, 6.45) is 15.4. The molecule has 1 saturated carbocycles. The van der Waals surface area contributed by atoms with Gasteiger partial charge in [0, 0.05) is 0 Å². The van der Waals surface area contributed by atoms with Gasteiger partial charge in [-0.15, -0.1) is 0 Å². The highest BCUT2D eigenvalue weighted by atomic mass is 14.4. The van der Waals surface area contributed by atoms with Crippen molar-refractivity contribution in [2.45, 2.75) is 25.7 Å². The topological polar surface area (TPSA) is 0 Å². The summed E-state index contributed by atoms with van der Waals surface area (Å²) in [5, 5.41) is 12.9. The molecule has 1 fully saturated rings. The minimum absolute atomic E-state index is 0.845. The molecule has 86 valence electrons. The number of benzene rings is 4. The summed E-state index contributed by atoms with van der Waals surface area (Å²) in [5.41, 5.74) is 0. The standard InChI is InChI=1S/C18H14/c1-2-4-12-11(3-1)15-13-7-9-5-6-10(9)8-14-16(12)18(13)17(14)15/h3-4,7-10H,1-2,5-6H2. The van der Waals surface area contributed by atoms with Crippen LogP contribution < -0.4 is 20.9 Å². The van der Waals surface area contributed by atoms with Gasteiger partial charge in [0.1, 0.15) is 0 Å². The van der Waals surface area contributed by atoms with E-state index in [2.05, 4.69) is 24.3 Å². The van der Waals surface area contributed by atoms with E-state index in [1.165, 1.54) is 25.7 Å². The van der Waals surface area contributed by atoms with Crippen LogP contribution in [0.25, 0.3) is 45.8 Å². The number of hydrogen-bond acceptors (Lipinski definition) is 0. The third kappa shape index (κ3) is 0.669. The van der Waals surface area contributed by atoms with Crippen molar-refractivity contribution in [3.8, 4) is 0 Å². The van der Waals surface area contributed by atoms with Crippen molar-refractivity contribution < 1.29 is 0 Å². The lowest BCUT2D eigenvalue weighted by molar-refractivity contribution is 0.323. The van der Waals surface area contributed by atoms with Crippen molar-refractivity contribution in [3.05, 3.63) is 20.9 Å². The Labute approximate surface area is 105 Å². The van der Waals surface area contributed by atoms with Crippen LogP contribution in [0.1, 0.15) is 25.7 Å². The molecule has 4 aliphatic rings. The van der Waals surface area contributed by atoms with Gasteiger partial charge in [0.05, 0.1) is 0 Å². The second-order valence-corrected chi connectivity index (χ2v) is 6.38. The highest BCUT2D eigenvalue weighted by Gasteiger charge is 2.33. The van der Waals surface area contributed by atoms with Crippen molar-refractivity contribution in [1.29, 1.82) is 0 Å². The molecule has 6 bridgehead atoms. The molecule has 0 aliphatic heterocycles. The van der Waals surface area contributed by atoms with Crippen LogP contribution in [-0.2, 0) is 0 Å². The lowest BCUT2D eigenvalue weighted by Crippen LogP contribution is -2.48. The van der Waals surface area contributed by atoms with E-state index in [0.717, 1.165) is 11.8 Å². The van der Waals surface area contributed by atoms with Gasteiger partial charge in [-0.25, -0.2) is 0 Å². The van der Waals surface area contributed by atoms with Gasteiger partial charge in [-0.05, 0) is 79.9 Å². The second kappa shape index (κ2) is 2.42. The Bertz CT molecular complexity index is 934. The predicted molar refractivity (Wildman–Crippen MR) is 76.8 cm³/mol. The Morgan fingerprint density at radius 2 is 1.11 bits per heavy atom. The molecule has 5 aromatic carbocycles. The van der Waals surface area contributed by atoms with Crippen molar-refractivity contribution in [1.82, 2.24) is 0 Å². The molecule has 0 nitrogen and oxygen atoms in total. The summed E-state index contributed by atoms with van der Waals surface area (Å²) in [5.74, 6) is 1.69. The Morgan fingerprint density at radius 3 is 1.56 bits per heavy atom. The van der Waals surface area contributed by atoms with E-state index in [1.54, 1.807) is 42.4 Å². The van der Waals surface area contributed by atoms with Gasteiger partial charge in [-0.1, -0.05) is 24.3 Å².